The maximum atomic E-state index is 10.9. The molecule has 1 N–H and O–H groups in total. The first-order valence-electron chi connectivity index (χ1n) is 7.18. The number of carbonyl (C=O) groups is 1. The molecule has 0 unspecified atom stereocenters. The van der Waals surface area contributed by atoms with Gasteiger partial charge in [0.05, 0.1) is 46.2 Å². The Morgan fingerprint density at radius 1 is 0.857 bits per heavy atom. The summed E-state index contributed by atoms with van der Waals surface area (Å²) >= 11 is 0. The van der Waals surface area contributed by atoms with Gasteiger partial charge in [0.25, 0.3) is 0 Å². The van der Waals surface area contributed by atoms with Crippen molar-refractivity contribution in [1.29, 1.82) is 0 Å². The predicted molar refractivity (Wildman–Crippen MR) is 76.6 cm³/mol. The van der Waals surface area contributed by atoms with E-state index < -0.39 is 0 Å². The largest absolute Gasteiger partial charge is 0.379 e. The van der Waals surface area contributed by atoms with E-state index >= 15 is 0 Å². The zero-order valence-corrected chi connectivity index (χ0v) is 15.9. The Bertz CT molecular complexity index is 220. The molecule has 21 heavy (non-hydrogen) atoms. The number of amides is 1. The van der Waals surface area contributed by atoms with Gasteiger partial charge in [0, 0.05) is 45.9 Å². The Kier molecular flexibility index (Phi) is 23.0. The number of carbonyl (C=O) groups excluding carboxylic acids is 1. The Hall–Kier alpha value is 0.414. The summed E-state index contributed by atoms with van der Waals surface area (Å²) in [6.45, 7) is 10.7. The second kappa shape index (κ2) is 20.4. The fourth-order valence-electron chi connectivity index (χ4n) is 1.26. The van der Waals surface area contributed by atoms with E-state index in [2.05, 4.69) is 19.2 Å². The van der Waals surface area contributed by atoms with Crippen LogP contribution in [-0.4, -0.2) is 65.3 Å². The first-order valence-corrected chi connectivity index (χ1v) is 7.18. The third-order valence-electron chi connectivity index (χ3n) is 2.26. The molecule has 123 valence electrons. The van der Waals surface area contributed by atoms with Crippen molar-refractivity contribution in [2.75, 3.05) is 59.4 Å². The smallest absolute Gasteiger partial charge is 0.190 e. The molecule has 0 aliphatic carbocycles. The number of rotatable bonds is 15. The minimum atomic E-state index is -0.0649. The van der Waals surface area contributed by atoms with Crippen molar-refractivity contribution < 1.29 is 56.5 Å². The Balaban J connectivity index is 0. The van der Waals surface area contributed by atoms with Gasteiger partial charge in [-0.15, -0.1) is 6.42 Å². The van der Waals surface area contributed by atoms with E-state index in [-0.39, 0.29) is 45.0 Å². The maximum Gasteiger partial charge on any atom is 0.190 e. The molecule has 0 rings (SSSR count). The molecule has 1 radical (unpaired) electrons. The minimum Gasteiger partial charge on any atom is -0.379 e. The van der Waals surface area contributed by atoms with Gasteiger partial charge in [-0.05, 0) is 6.42 Å². The number of hydrogen-bond donors (Lipinski definition) is 1. The Labute approximate surface area is 153 Å². The van der Waals surface area contributed by atoms with Crippen LogP contribution in [0.4, 0.5) is 0 Å². The second-order valence-corrected chi connectivity index (χ2v) is 4.05. The molecule has 0 atom stereocenters. The molecule has 0 aromatic carbocycles. The summed E-state index contributed by atoms with van der Waals surface area (Å²) in [6.07, 6.45) is 1.29. The van der Waals surface area contributed by atoms with E-state index in [4.69, 9.17) is 18.9 Å². The van der Waals surface area contributed by atoms with Crippen LogP contribution in [0.1, 0.15) is 19.8 Å². The summed E-state index contributed by atoms with van der Waals surface area (Å²) < 4.78 is 21.2. The average molecular weight is 379 g/mol. The van der Waals surface area contributed by atoms with Gasteiger partial charge in [0.1, 0.15) is 0 Å². The monoisotopic (exact) mass is 379 g/mol. The van der Waals surface area contributed by atoms with Crippen molar-refractivity contribution in [1.82, 2.24) is 5.32 Å². The molecule has 6 nitrogen and oxygen atoms in total. The summed E-state index contributed by atoms with van der Waals surface area (Å²) in [6, 6.07) is 0. The van der Waals surface area contributed by atoms with E-state index in [0.717, 1.165) is 13.0 Å². The molecule has 0 aromatic heterocycles. The SMILES string of the molecule is [CH2-]CC(=O)NCCOCCOCCOCCOCCC.[Y]. The van der Waals surface area contributed by atoms with Gasteiger partial charge in [-0.1, -0.05) is 6.92 Å². The molecular formula is C14H28NO5Y-. The van der Waals surface area contributed by atoms with Crippen molar-refractivity contribution in [3.8, 4) is 0 Å². The molecule has 1 amide bonds. The molecular weight excluding hydrogens is 351 g/mol. The van der Waals surface area contributed by atoms with Crippen LogP contribution in [0.3, 0.4) is 0 Å². The van der Waals surface area contributed by atoms with E-state index in [1.165, 1.54) is 0 Å². The molecule has 0 saturated carbocycles. The van der Waals surface area contributed by atoms with Gasteiger partial charge in [-0.2, -0.15) is 0 Å². The van der Waals surface area contributed by atoms with Crippen molar-refractivity contribution in [3.05, 3.63) is 6.92 Å². The number of ether oxygens (including phenoxy) is 4. The molecule has 0 bridgehead atoms. The van der Waals surface area contributed by atoms with Gasteiger partial charge in [-0.25, -0.2) is 0 Å². The van der Waals surface area contributed by atoms with Gasteiger partial charge < -0.3 is 31.2 Å². The minimum absolute atomic E-state index is 0. The van der Waals surface area contributed by atoms with Crippen LogP contribution in [0.15, 0.2) is 0 Å². The fraction of sp³-hybridized carbons (Fsp3) is 0.857. The number of hydrogen-bond acceptors (Lipinski definition) is 5. The normalized spacial score (nSPS) is 10.2. The second-order valence-electron chi connectivity index (χ2n) is 4.05. The van der Waals surface area contributed by atoms with E-state index in [0.29, 0.717) is 52.8 Å². The molecule has 0 aliphatic heterocycles. The molecule has 0 spiro atoms. The standard InChI is InChI=1S/C14H28NO5.Y/c1-3-6-17-8-10-19-12-13-20-11-9-18-7-5-15-14(16)4-2;/h2-13H2,1H3,(H,15,16);/q-1;. The summed E-state index contributed by atoms with van der Waals surface area (Å²) in [5.74, 6) is -0.0649. The molecule has 0 heterocycles. The van der Waals surface area contributed by atoms with Gasteiger partial charge >= 0.3 is 0 Å². The summed E-state index contributed by atoms with van der Waals surface area (Å²) in [5, 5.41) is 2.67. The molecule has 0 aliphatic rings. The third-order valence-corrected chi connectivity index (χ3v) is 2.26. The summed E-state index contributed by atoms with van der Waals surface area (Å²) in [7, 11) is 0. The van der Waals surface area contributed by atoms with Crippen molar-refractivity contribution in [2.24, 2.45) is 0 Å². The van der Waals surface area contributed by atoms with Crippen molar-refractivity contribution in [2.45, 2.75) is 19.8 Å². The predicted octanol–water partition coefficient (Wildman–Crippen LogP) is 0.801. The quantitative estimate of drug-likeness (QED) is 0.337. The Morgan fingerprint density at radius 2 is 1.29 bits per heavy atom. The van der Waals surface area contributed by atoms with Gasteiger partial charge in [0.2, 0.25) is 0 Å². The van der Waals surface area contributed by atoms with Crippen LogP contribution < -0.4 is 5.32 Å². The van der Waals surface area contributed by atoms with Crippen molar-refractivity contribution >= 4 is 5.91 Å². The average Bonchev–Trinajstić information content (AvgIpc) is 2.47. The summed E-state index contributed by atoms with van der Waals surface area (Å²) in [4.78, 5) is 10.9. The van der Waals surface area contributed by atoms with Crippen LogP contribution >= 0.6 is 0 Å². The fourth-order valence-corrected chi connectivity index (χ4v) is 1.26. The van der Waals surface area contributed by atoms with Crippen molar-refractivity contribution in [3.63, 3.8) is 0 Å². The van der Waals surface area contributed by atoms with Gasteiger partial charge in [-0.3, -0.25) is 4.79 Å². The molecule has 0 aromatic rings. The Morgan fingerprint density at radius 3 is 1.71 bits per heavy atom. The first kappa shape index (κ1) is 23.7. The van der Waals surface area contributed by atoms with Crippen LogP contribution in [0.5, 0.6) is 0 Å². The zero-order valence-electron chi connectivity index (χ0n) is 13.1. The zero-order chi connectivity index (χ0) is 14.9. The summed E-state index contributed by atoms with van der Waals surface area (Å²) in [5.41, 5.74) is 0. The molecule has 0 fully saturated rings. The first-order chi connectivity index (χ1) is 9.81. The van der Waals surface area contributed by atoms with E-state index in [9.17, 15) is 4.79 Å². The van der Waals surface area contributed by atoms with Crippen LogP contribution in [0.2, 0.25) is 0 Å². The van der Waals surface area contributed by atoms with E-state index in [1.807, 2.05) is 0 Å². The van der Waals surface area contributed by atoms with Gasteiger partial charge in [0.15, 0.2) is 5.91 Å². The van der Waals surface area contributed by atoms with Crippen LogP contribution in [0.25, 0.3) is 0 Å². The van der Waals surface area contributed by atoms with E-state index in [1.54, 1.807) is 0 Å². The number of nitrogens with one attached hydrogen (secondary N) is 1. The topological polar surface area (TPSA) is 66.0 Å². The van der Waals surface area contributed by atoms with Crippen LogP contribution in [0, 0.1) is 6.92 Å². The third kappa shape index (κ3) is 20.4. The molecule has 0 saturated heterocycles. The molecule has 7 heteroatoms. The van der Waals surface area contributed by atoms with Crippen LogP contribution in [-0.2, 0) is 56.5 Å². The maximum absolute atomic E-state index is 10.9.